The molecule has 1 aliphatic carbocycles. The Kier molecular flexibility index (Phi) is 10.8. The lowest BCUT2D eigenvalue weighted by atomic mass is 9.65. The Morgan fingerprint density at radius 2 is 1.57 bits per heavy atom. The van der Waals surface area contributed by atoms with Gasteiger partial charge in [-0.15, -0.1) is 0 Å². The van der Waals surface area contributed by atoms with Crippen molar-refractivity contribution in [2.24, 2.45) is 5.92 Å². The maximum atomic E-state index is 15.7. The number of hydrogen-bond acceptors (Lipinski definition) is 10. The van der Waals surface area contributed by atoms with Crippen LogP contribution in [-0.4, -0.2) is 62.7 Å². The Balaban J connectivity index is 1.24. The minimum absolute atomic E-state index is 0.0378. The SMILES string of the molecule is O=C1O[C@@H](c2ccccc2)[C@@H](c2ccccc2)N2[C@@H](c3ccccc3OCCO)[C@]3(C(=O)Nc4ccc(C#CC5(O)CCCCCC5)cc43)[C@@H](C(=O)Nc3nc4ccccc4s3)[C@H]12. The van der Waals surface area contributed by atoms with Crippen LogP contribution in [0, 0.1) is 17.8 Å². The number of benzene rings is 5. The smallest absolute Gasteiger partial charge is 0.324 e. The number of aromatic nitrogens is 1. The van der Waals surface area contributed by atoms with E-state index in [1.807, 2.05) is 120 Å². The zero-order valence-corrected chi connectivity index (χ0v) is 35.2. The minimum Gasteiger partial charge on any atom is -0.491 e. The zero-order chi connectivity index (χ0) is 43.1. The lowest BCUT2D eigenvalue weighted by molar-refractivity contribution is -0.177. The van der Waals surface area contributed by atoms with Gasteiger partial charge in [0, 0.05) is 16.8 Å². The lowest BCUT2D eigenvalue weighted by Gasteiger charge is -2.46. The zero-order valence-electron chi connectivity index (χ0n) is 34.4. The predicted molar refractivity (Wildman–Crippen MR) is 240 cm³/mol. The van der Waals surface area contributed by atoms with Crippen LogP contribution >= 0.6 is 11.3 Å². The fourth-order valence-corrected chi connectivity index (χ4v) is 11.2. The summed E-state index contributed by atoms with van der Waals surface area (Å²) in [6, 6.07) is 36.4. The van der Waals surface area contributed by atoms with E-state index in [9.17, 15) is 10.2 Å². The van der Waals surface area contributed by atoms with Crippen LogP contribution in [0.3, 0.4) is 0 Å². The first-order chi connectivity index (χ1) is 30.8. The van der Waals surface area contributed by atoms with E-state index in [0.29, 0.717) is 51.6 Å². The summed E-state index contributed by atoms with van der Waals surface area (Å²) in [4.78, 5) is 53.3. The molecular weight excluding hydrogens is 813 g/mol. The van der Waals surface area contributed by atoms with Gasteiger partial charge in [-0.2, -0.15) is 0 Å². The normalized spacial score (nSPS) is 25.0. The van der Waals surface area contributed by atoms with E-state index in [-0.39, 0.29) is 13.2 Å². The van der Waals surface area contributed by atoms with Crippen LogP contribution in [0.1, 0.15) is 84.5 Å². The molecule has 6 aromatic rings. The number of thiazole rings is 1. The third kappa shape index (κ3) is 7.15. The van der Waals surface area contributed by atoms with Gasteiger partial charge in [0.25, 0.3) is 0 Å². The van der Waals surface area contributed by atoms with Gasteiger partial charge < -0.3 is 30.3 Å². The van der Waals surface area contributed by atoms with Crippen molar-refractivity contribution in [2.75, 3.05) is 23.8 Å². The van der Waals surface area contributed by atoms with Gasteiger partial charge in [-0.05, 0) is 78.8 Å². The molecule has 11 nitrogen and oxygen atoms in total. The molecule has 0 radical (unpaired) electrons. The molecule has 3 fully saturated rings. The molecule has 0 unspecified atom stereocenters. The summed E-state index contributed by atoms with van der Waals surface area (Å²) in [5, 5.41) is 28.1. The van der Waals surface area contributed by atoms with E-state index in [2.05, 4.69) is 22.5 Å². The van der Waals surface area contributed by atoms with Crippen LogP contribution in [0.15, 0.2) is 127 Å². The molecule has 2 amide bonds. The van der Waals surface area contributed by atoms with Gasteiger partial charge in [0.1, 0.15) is 35.5 Å². The highest BCUT2D eigenvalue weighted by Gasteiger charge is 2.74. The predicted octanol–water partition coefficient (Wildman–Crippen LogP) is 8.01. The van der Waals surface area contributed by atoms with Crippen molar-refractivity contribution in [1.82, 2.24) is 9.88 Å². The first-order valence-corrected chi connectivity index (χ1v) is 22.4. The summed E-state index contributed by atoms with van der Waals surface area (Å²) in [5.41, 5.74) is 1.31. The molecule has 1 spiro atoms. The molecule has 63 heavy (non-hydrogen) atoms. The number of hydrogen-bond donors (Lipinski definition) is 4. The number of carbonyl (C=O) groups excluding carboxylic acids is 3. The highest BCUT2D eigenvalue weighted by molar-refractivity contribution is 7.22. The maximum absolute atomic E-state index is 15.7. The third-order valence-electron chi connectivity index (χ3n) is 13.0. The second-order valence-corrected chi connectivity index (χ2v) is 17.8. The van der Waals surface area contributed by atoms with E-state index >= 15 is 14.4 Å². The first kappa shape index (κ1) is 40.7. The Hall–Kier alpha value is -6.36. The molecule has 10 rings (SSSR count). The van der Waals surface area contributed by atoms with Crippen LogP contribution in [0.5, 0.6) is 5.75 Å². The number of esters is 1. The Bertz CT molecular complexity index is 2730. The quantitative estimate of drug-likeness (QED) is 0.0678. The average molecular weight is 859 g/mol. The molecule has 12 heteroatoms. The largest absolute Gasteiger partial charge is 0.491 e. The van der Waals surface area contributed by atoms with Crippen LogP contribution < -0.4 is 15.4 Å². The van der Waals surface area contributed by atoms with E-state index in [1.165, 1.54) is 11.3 Å². The third-order valence-corrected chi connectivity index (χ3v) is 14.0. The number of carbonyl (C=O) groups is 3. The molecule has 318 valence electrons. The molecule has 5 aromatic carbocycles. The van der Waals surface area contributed by atoms with Gasteiger partial charge in [0.05, 0.1) is 34.8 Å². The molecule has 4 heterocycles. The van der Waals surface area contributed by atoms with Crippen molar-refractivity contribution in [3.63, 3.8) is 0 Å². The van der Waals surface area contributed by atoms with E-state index in [1.54, 1.807) is 12.1 Å². The van der Waals surface area contributed by atoms with Crippen LogP contribution in [0.2, 0.25) is 0 Å². The topological polar surface area (TPSA) is 150 Å². The summed E-state index contributed by atoms with van der Waals surface area (Å²) in [6.07, 6.45) is 4.12. The maximum Gasteiger partial charge on any atom is 0.324 e. The molecule has 6 atom stereocenters. The molecule has 0 bridgehead atoms. The number of fused-ring (bicyclic) bond motifs is 4. The summed E-state index contributed by atoms with van der Waals surface area (Å²) in [7, 11) is 0. The number of anilines is 2. The molecule has 2 saturated heterocycles. The Labute approximate surface area is 369 Å². The molecular formula is C51H46N4O7S. The number of para-hydroxylation sites is 2. The number of amides is 2. The van der Waals surface area contributed by atoms with Gasteiger partial charge in [-0.25, -0.2) is 4.98 Å². The van der Waals surface area contributed by atoms with Gasteiger partial charge in [-0.3, -0.25) is 19.3 Å². The highest BCUT2D eigenvalue weighted by Crippen LogP contribution is 2.65. The molecule has 1 aromatic heterocycles. The van der Waals surface area contributed by atoms with Crippen LogP contribution in [0.25, 0.3) is 10.2 Å². The van der Waals surface area contributed by atoms with E-state index in [0.717, 1.165) is 41.5 Å². The first-order valence-electron chi connectivity index (χ1n) is 21.6. The second-order valence-electron chi connectivity index (χ2n) is 16.8. The summed E-state index contributed by atoms with van der Waals surface area (Å²) in [6.45, 7) is -0.305. The molecule has 1 saturated carbocycles. The van der Waals surface area contributed by atoms with Crippen LogP contribution in [-0.2, 0) is 24.5 Å². The number of nitrogens with zero attached hydrogens (tertiary/aromatic N) is 2. The Morgan fingerprint density at radius 3 is 2.32 bits per heavy atom. The van der Waals surface area contributed by atoms with Gasteiger partial charge in [0.15, 0.2) is 5.13 Å². The standard InChI is InChI=1S/C51H46N4O7S/c56-29-30-61-39-21-11-9-19-35(39)45-51(36-31-32(23-24-37(36)52-48(51)59)25-28-50(60)26-13-1-2-14-27-50)41(46(57)54-49-53-38-20-10-12-22-40(38)63-49)43-47(58)62-44(34-17-7-4-8-18-34)42(55(43)45)33-15-5-3-6-16-33/h3-12,15-24,31,41-45,56,60H,1-2,13-14,26-27,29-30H2,(H,52,59)(H,53,54,57)/t41-,42-,43-,44+,45+,51-/m1/s1. The summed E-state index contributed by atoms with van der Waals surface area (Å²) in [5.74, 6) is 3.69. The average Bonchev–Trinajstić information content (AvgIpc) is 3.89. The van der Waals surface area contributed by atoms with Gasteiger partial charge >= 0.3 is 5.97 Å². The van der Waals surface area contributed by atoms with E-state index < -0.39 is 58.9 Å². The van der Waals surface area contributed by atoms with Crippen molar-refractivity contribution >= 4 is 50.2 Å². The Morgan fingerprint density at radius 1 is 0.873 bits per heavy atom. The summed E-state index contributed by atoms with van der Waals surface area (Å²) < 4.78 is 13.7. The lowest BCUT2D eigenvalue weighted by Crippen LogP contribution is -2.53. The number of aliphatic hydroxyl groups excluding tert-OH is 1. The number of cyclic esters (lactones) is 1. The van der Waals surface area contributed by atoms with Gasteiger partial charge in [-0.1, -0.05) is 127 Å². The van der Waals surface area contributed by atoms with Gasteiger partial charge in [0.2, 0.25) is 11.8 Å². The number of nitrogens with one attached hydrogen (secondary N) is 2. The van der Waals surface area contributed by atoms with Crippen molar-refractivity contribution in [3.05, 3.63) is 155 Å². The molecule has 4 N–H and O–H groups in total. The van der Waals surface area contributed by atoms with Crippen molar-refractivity contribution in [2.45, 2.75) is 73.8 Å². The number of ether oxygens (including phenoxy) is 2. The number of aliphatic hydroxyl groups is 2. The highest BCUT2D eigenvalue weighted by atomic mass is 32.1. The van der Waals surface area contributed by atoms with E-state index in [4.69, 9.17) is 14.5 Å². The van der Waals surface area contributed by atoms with Crippen molar-refractivity contribution in [3.8, 4) is 17.6 Å². The van der Waals surface area contributed by atoms with Crippen LogP contribution in [0.4, 0.5) is 10.8 Å². The monoisotopic (exact) mass is 858 g/mol. The summed E-state index contributed by atoms with van der Waals surface area (Å²) >= 11 is 1.30. The molecule has 3 aliphatic heterocycles. The minimum atomic E-state index is -1.81. The fourth-order valence-electron chi connectivity index (χ4n) is 10.4. The van der Waals surface area contributed by atoms with Crippen molar-refractivity contribution < 1.29 is 34.1 Å². The fraction of sp³-hybridized carbons (Fsp3) is 0.294. The molecule has 4 aliphatic rings. The number of morpholine rings is 1. The van der Waals surface area contributed by atoms with Crippen molar-refractivity contribution in [1.29, 1.82) is 0 Å². The second kappa shape index (κ2) is 16.7. The number of rotatable bonds is 8.